The molecule has 0 amide bonds. The van der Waals surface area contributed by atoms with Crippen LogP contribution in [0.2, 0.25) is 0 Å². The van der Waals surface area contributed by atoms with Gasteiger partial charge in [0.1, 0.15) is 0 Å². The number of piperidine rings is 1. The zero-order valence-corrected chi connectivity index (χ0v) is 12.7. The van der Waals surface area contributed by atoms with E-state index in [2.05, 4.69) is 4.90 Å². The van der Waals surface area contributed by atoms with E-state index >= 15 is 0 Å². The van der Waals surface area contributed by atoms with Crippen LogP contribution >= 0.6 is 0 Å². The highest BCUT2D eigenvalue weighted by Crippen LogP contribution is 2.42. The Bertz CT molecular complexity index is 559. The van der Waals surface area contributed by atoms with Gasteiger partial charge in [0.2, 0.25) is 0 Å². The fourth-order valence-electron chi connectivity index (χ4n) is 3.59. The summed E-state index contributed by atoms with van der Waals surface area (Å²) in [5, 5.41) is 11.0. The number of ether oxygens (including phenoxy) is 1. The molecule has 0 spiro atoms. The third-order valence-corrected chi connectivity index (χ3v) is 4.86. The summed E-state index contributed by atoms with van der Waals surface area (Å²) in [6.45, 7) is 2.64. The van der Waals surface area contributed by atoms with Crippen molar-refractivity contribution in [3.63, 3.8) is 0 Å². The molecule has 0 saturated carbocycles. The zero-order valence-electron chi connectivity index (χ0n) is 12.7. The Morgan fingerprint density at radius 1 is 1.18 bits per heavy atom. The van der Waals surface area contributed by atoms with Crippen LogP contribution in [-0.2, 0) is 16.5 Å². The molecule has 0 aromatic heterocycles. The Morgan fingerprint density at radius 2 is 1.77 bits per heavy atom. The lowest BCUT2D eigenvalue weighted by atomic mass is 9.76. The first-order valence-corrected chi connectivity index (χ1v) is 7.40. The van der Waals surface area contributed by atoms with Crippen LogP contribution in [0.1, 0.15) is 29.5 Å². The number of rotatable bonds is 1. The van der Waals surface area contributed by atoms with Gasteiger partial charge in [-0.3, -0.25) is 4.90 Å². The van der Waals surface area contributed by atoms with Gasteiger partial charge in [-0.25, -0.2) is 0 Å². The van der Waals surface area contributed by atoms with Crippen molar-refractivity contribution in [1.82, 2.24) is 4.90 Å². The van der Waals surface area contributed by atoms with Crippen LogP contribution in [0.25, 0.3) is 0 Å². The molecule has 2 bridgehead atoms. The zero-order chi connectivity index (χ0) is 16.1. The molecule has 3 nitrogen and oxygen atoms in total. The van der Waals surface area contributed by atoms with Gasteiger partial charge in [-0.1, -0.05) is 11.6 Å². The molecule has 22 heavy (non-hydrogen) atoms. The van der Waals surface area contributed by atoms with Gasteiger partial charge in [0.15, 0.2) is 0 Å². The van der Waals surface area contributed by atoms with Crippen molar-refractivity contribution in [2.75, 3.05) is 20.3 Å². The van der Waals surface area contributed by atoms with Gasteiger partial charge in [-0.05, 0) is 44.5 Å². The number of aliphatic hydroxyl groups is 1. The predicted molar refractivity (Wildman–Crippen MR) is 75.5 cm³/mol. The Balaban J connectivity index is 1.98. The normalized spacial score (nSPS) is 33.0. The number of halogens is 3. The maximum absolute atomic E-state index is 13.0. The molecule has 2 aliphatic heterocycles. The van der Waals surface area contributed by atoms with E-state index in [1.807, 2.05) is 7.05 Å². The van der Waals surface area contributed by atoms with Crippen LogP contribution in [0.4, 0.5) is 13.2 Å². The van der Waals surface area contributed by atoms with E-state index in [0.29, 0.717) is 37.2 Å². The standard InChI is InChI=1S/C16H20F3NO2/c1-10-3-11(5-12(4-10)16(17,18)19)15(21)6-13-8-22-9-14(7-15)20(13)2/h3-5,13-14,21H,6-9H2,1-2H3. The first-order chi connectivity index (χ1) is 10.2. The van der Waals surface area contributed by atoms with Crippen molar-refractivity contribution in [1.29, 1.82) is 0 Å². The van der Waals surface area contributed by atoms with E-state index in [4.69, 9.17) is 4.74 Å². The van der Waals surface area contributed by atoms with Crippen LogP contribution in [0, 0.1) is 6.92 Å². The number of hydrogen-bond acceptors (Lipinski definition) is 3. The molecule has 1 N–H and O–H groups in total. The highest BCUT2D eigenvalue weighted by molar-refractivity contribution is 5.35. The maximum atomic E-state index is 13.0. The van der Waals surface area contributed by atoms with E-state index in [0.717, 1.165) is 12.1 Å². The van der Waals surface area contributed by atoms with Gasteiger partial charge in [-0.2, -0.15) is 13.2 Å². The number of likely N-dealkylation sites (N-methyl/N-ethyl adjacent to an activating group) is 1. The van der Waals surface area contributed by atoms with E-state index in [1.165, 1.54) is 0 Å². The van der Waals surface area contributed by atoms with Gasteiger partial charge < -0.3 is 9.84 Å². The Kier molecular flexibility index (Phi) is 3.74. The minimum Gasteiger partial charge on any atom is -0.385 e. The minimum absolute atomic E-state index is 0.0346. The summed E-state index contributed by atoms with van der Waals surface area (Å²) in [4.78, 5) is 2.17. The second-order valence-electron chi connectivity index (χ2n) is 6.54. The Labute approximate surface area is 127 Å². The minimum atomic E-state index is -4.40. The molecule has 1 aromatic rings. The molecule has 0 aliphatic carbocycles. The van der Waals surface area contributed by atoms with E-state index in [-0.39, 0.29) is 12.1 Å². The third-order valence-electron chi connectivity index (χ3n) is 4.86. The summed E-state index contributed by atoms with van der Waals surface area (Å²) < 4.78 is 44.6. The second kappa shape index (κ2) is 5.22. The molecule has 0 radical (unpaired) electrons. The number of fused-ring (bicyclic) bond motifs is 2. The number of aryl methyl sites for hydroxylation is 1. The monoisotopic (exact) mass is 315 g/mol. The third kappa shape index (κ3) is 2.75. The summed E-state index contributed by atoms with van der Waals surface area (Å²) >= 11 is 0. The molecule has 122 valence electrons. The Morgan fingerprint density at radius 3 is 2.32 bits per heavy atom. The largest absolute Gasteiger partial charge is 0.416 e. The summed E-state index contributed by atoms with van der Waals surface area (Å²) in [7, 11) is 1.98. The number of benzene rings is 1. The summed E-state index contributed by atoms with van der Waals surface area (Å²) in [5.74, 6) is 0. The van der Waals surface area contributed by atoms with Crippen molar-refractivity contribution in [2.24, 2.45) is 0 Å². The fourth-order valence-corrected chi connectivity index (χ4v) is 3.59. The highest BCUT2D eigenvalue weighted by atomic mass is 19.4. The van der Waals surface area contributed by atoms with E-state index in [1.54, 1.807) is 13.0 Å². The number of nitrogens with zero attached hydrogens (tertiary/aromatic N) is 1. The maximum Gasteiger partial charge on any atom is 0.416 e. The lowest BCUT2D eigenvalue weighted by Crippen LogP contribution is -2.59. The summed E-state index contributed by atoms with van der Waals surface area (Å²) in [6.07, 6.45) is -3.62. The molecule has 2 unspecified atom stereocenters. The van der Waals surface area contributed by atoms with Crippen LogP contribution in [0.5, 0.6) is 0 Å². The average Bonchev–Trinajstić information content (AvgIpc) is 2.39. The predicted octanol–water partition coefficient (Wildman–Crippen LogP) is 2.69. The SMILES string of the molecule is Cc1cc(C(F)(F)F)cc(C2(O)CC3COCC(C2)N3C)c1. The molecular weight excluding hydrogens is 295 g/mol. The topological polar surface area (TPSA) is 32.7 Å². The quantitative estimate of drug-likeness (QED) is 0.865. The lowest BCUT2D eigenvalue weighted by Gasteiger charge is -2.50. The van der Waals surface area contributed by atoms with Crippen molar-refractivity contribution in [2.45, 2.75) is 43.6 Å². The highest BCUT2D eigenvalue weighted by Gasteiger charge is 2.46. The number of morpholine rings is 1. The molecule has 2 atom stereocenters. The van der Waals surface area contributed by atoms with E-state index < -0.39 is 17.3 Å². The van der Waals surface area contributed by atoms with Gasteiger partial charge in [0.05, 0.1) is 24.4 Å². The van der Waals surface area contributed by atoms with Crippen LogP contribution < -0.4 is 0 Å². The van der Waals surface area contributed by atoms with Gasteiger partial charge >= 0.3 is 6.18 Å². The molecule has 2 fully saturated rings. The van der Waals surface area contributed by atoms with Crippen LogP contribution in [-0.4, -0.2) is 42.4 Å². The first-order valence-electron chi connectivity index (χ1n) is 7.40. The van der Waals surface area contributed by atoms with Crippen LogP contribution in [0.15, 0.2) is 18.2 Å². The van der Waals surface area contributed by atoms with Gasteiger partial charge in [-0.15, -0.1) is 0 Å². The summed E-state index contributed by atoms with van der Waals surface area (Å²) in [5.41, 5.74) is -1.04. The second-order valence-corrected chi connectivity index (χ2v) is 6.54. The van der Waals surface area contributed by atoms with Crippen LogP contribution in [0.3, 0.4) is 0 Å². The Hall–Kier alpha value is -1.11. The molecule has 6 heteroatoms. The summed E-state index contributed by atoms with van der Waals surface area (Å²) in [6, 6.07) is 3.94. The molecule has 2 saturated heterocycles. The molecule has 2 heterocycles. The lowest BCUT2D eigenvalue weighted by molar-refractivity contribution is -0.141. The van der Waals surface area contributed by atoms with Crippen molar-refractivity contribution < 1.29 is 23.0 Å². The van der Waals surface area contributed by atoms with Crippen molar-refractivity contribution >= 4 is 0 Å². The van der Waals surface area contributed by atoms with Gasteiger partial charge in [0.25, 0.3) is 0 Å². The first kappa shape index (κ1) is 15.8. The smallest absolute Gasteiger partial charge is 0.385 e. The van der Waals surface area contributed by atoms with Crippen molar-refractivity contribution in [3.05, 3.63) is 34.9 Å². The molecule has 3 rings (SSSR count). The van der Waals surface area contributed by atoms with Gasteiger partial charge in [0, 0.05) is 12.1 Å². The molecule has 1 aromatic carbocycles. The number of alkyl halides is 3. The van der Waals surface area contributed by atoms with Crippen molar-refractivity contribution in [3.8, 4) is 0 Å². The average molecular weight is 315 g/mol. The number of hydrogen-bond donors (Lipinski definition) is 1. The fraction of sp³-hybridized carbons (Fsp3) is 0.625. The van der Waals surface area contributed by atoms with E-state index in [9.17, 15) is 18.3 Å². The molecule has 2 aliphatic rings. The molecular formula is C16H20F3NO2.